The molecule has 0 unspecified atom stereocenters. The van der Waals surface area contributed by atoms with Crippen LogP contribution in [0.1, 0.15) is 51.3 Å². The van der Waals surface area contributed by atoms with Gasteiger partial charge in [0.25, 0.3) is 0 Å². The van der Waals surface area contributed by atoms with Crippen LogP contribution in [0.25, 0.3) is 0 Å². The van der Waals surface area contributed by atoms with Crippen molar-refractivity contribution in [1.29, 1.82) is 0 Å². The van der Waals surface area contributed by atoms with Crippen molar-refractivity contribution in [2.75, 3.05) is 0 Å². The molecule has 5 heteroatoms. The van der Waals surface area contributed by atoms with Crippen molar-refractivity contribution in [1.82, 2.24) is 0 Å². The van der Waals surface area contributed by atoms with Crippen LogP contribution >= 0.6 is 20.6 Å². The average molecular weight is 406 g/mol. The Kier molecular flexibility index (Phi) is 5.78. The number of halogens is 1. The van der Waals surface area contributed by atoms with E-state index in [1.807, 2.05) is 13.8 Å². The molecule has 1 aromatic rings. The van der Waals surface area contributed by atoms with E-state index >= 15 is 0 Å². The fourth-order valence-corrected chi connectivity index (χ4v) is 5.27. The molecule has 0 spiro atoms. The summed E-state index contributed by atoms with van der Waals surface area (Å²) >= 11 is -2.76. The summed E-state index contributed by atoms with van der Waals surface area (Å²) in [4.78, 5) is 22.6. The van der Waals surface area contributed by atoms with E-state index in [4.69, 9.17) is 6.13 Å². The maximum absolute atomic E-state index is 11.3. The van der Waals surface area contributed by atoms with Crippen LogP contribution in [0.15, 0.2) is 12.1 Å². The molecule has 0 aliphatic rings. The van der Waals surface area contributed by atoms with E-state index in [1.54, 1.807) is 0 Å². The van der Waals surface area contributed by atoms with Crippen molar-refractivity contribution in [3.8, 4) is 0 Å². The summed E-state index contributed by atoms with van der Waals surface area (Å²) in [6, 6.07) is 4.17. The summed E-state index contributed by atoms with van der Waals surface area (Å²) in [7, 11) is 0. The molecular weight excluding hydrogens is 383 g/mol. The van der Waals surface area contributed by atoms with Crippen LogP contribution in [-0.2, 0) is 21.1 Å². The molecule has 0 fully saturated rings. The van der Waals surface area contributed by atoms with Gasteiger partial charge in [-0.3, -0.25) is 0 Å². The maximum atomic E-state index is 11.3. The van der Waals surface area contributed by atoms with Crippen molar-refractivity contribution in [3.05, 3.63) is 32.4 Å². The Balaban J connectivity index is 3.32. The molecule has 0 atom stereocenters. The van der Waals surface area contributed by atoms with E-state index in [1.165, 1.54) is 19.4 Å². The quantitative estimate of drug-likeness (QED) is 0.705. The van der Waals surface area contributed by atoms with E-state index in [-0.39, 0.29) is 5.41 Å². The first kappa shape index (κ1) is 17.9. The fourth-order valence-electron chi connectivity index (χ4n) is 1.91. The molecule has 0 saturated carbocycles. The third kappa shape index (κ3) is 4.98. The summed E-state index contributed by atoms with van der Waals surface area (Å²) in [5.74, 6) is -0.833. The van der Waals surface area contributed by atoms with Gasteiger partial charge in [-0.25, -0.2) is 0 Å². The molecule has 4 nitrogen and oxygen atoms in total. The summed E-state index contributed by atoms with van der Waals surface area (Å²) < 4.78 is 11.5. The Labute approximate surface area is 134 Å². The molecule has 118 valence electrons. The normalized spacial score (nSPS) is 11.9. The monoisotopic (exact) mass is 406 g/mol. The standard InChI is InChI=1S/C16H23IO4/c1-10-8-14(16(5,6)7)9-11(2)15(10)17(20-12(3)18)21-13(4)19/h8-9H,1-7H3. The van der Waals surface area contributed by atoms with Crippen LogP contribution in [0.5, 0.6) is 0 Å². The molecule has 0 amide bonds. The Morgan fingerprint density at radius 1 is 0.952 bits per heavy atom. The molecule has 0 N–H and O–H groups in total. The van der Waals surface area contributed by atoms with E-state index in [0.29, 0.717) is 0 Å². The number of hydrogen-bond donors (Lipinski definition) is 0. The van der Waals surface area contributed by atoms with Gasteiger partial charge < -0.3 is 0 Å². The van der Waals surface area contributed by atoms with Crippen LogP contribution in [0.4, 0.5) is 0 Å². The molecule has 0 saturated heterocycles. The topological polar surface area (TPSA) is 52.6 Å². The van der Waals surface area contributed by atoms with Gasteiger partial charge in [0.1, 0.15) is 0 Å². The van der Waals surface area contributed by atoms with Gasteiger partial charge in [-0.1, -0.05) is 0 Å². The number of carbonyl (C=O) groups is 2. The molecule has 0 aliphatic heterocycles. The minimum atomic E-state index is -2.76. The second-order valence-electron chi connectivity index (χ2n) is 6.03. The number of benzene rings is 1. The molecule has 21 heavy (non-hydrogen) atoms. The fraction of sp³-hybridized carbons (Fsp3) is 0.500. The van der Waals surface area contributed by atoms with Gasteiger partial charge in [-0.2, -0.15) is 0 Å². The SMILES string of the molecule is CC(=O)OI(OC(C)=O)c1c(C)cc(C(C)(C)C)cc1C. The molecule has 0 bridgehead atoms. The third-order valence-corrected chi connectivity index (χ3v) is 7.44. The second-order valence-corrected chi connectivity index (χ2v) is 9.23. The molecule has 1 rings (SSSR count). The van der Waals surface area contributed by atoms with Crippen LogP contribution in [0, 0.1) is 17.4 Å². The summed E-state index contributed by atoms with van der Waals surface area (Å²) in [6.07, 6.45) is 0. The first-order chi connectivity index (χ1) is 9.52. The molecule has 1 aromatic carbocycles. The zero-order valence-corrected chi connectivity index (χ0v) is 15.8. The van der Waals surface area contributed by atoms with Gasteiger partial charge in [-0.15, -0.1) is 0 Å². The molecule has 0 heterocycles. The van der Waals surface area contributed by atoms with Gasteiger partial charge in [-0.05, 0) is 0 Å². The van der Waals surface area contributed by atoms with Crippen LogP contribution < -0.4 is 0 Å². The Morgan fingerprint density at radius 2 is 1.33 bits per heavy atom. The first-order valence-corrected chi connectivity index (χ1v) is 9.56. The Bertz CT molecular complexity index is 519. The van der Waals surface area contributed by atoms with Crippen molar-refractivity contribution in [3.63, 3.8) is 0 Å². The van der Waals surface area contributed by atoms with Gasteiger partial charge in [0, 0.05) is 0 Å². The van der Waals surface area contributed by atoms with Gasteiger partial charge in [0.05, 0.1) is 0 Å². The van der Waals surface area contributed by atoms with Crippen LogP contribution in [0.2, 0.25) is 0 Å². The third-order valence-electron chi connectivity index (χ3n) is 2.81. The number of rotatable bonds is 3. The first-order valence-electron chi connectivity index (χ1n) is 6.72. The van der Waals surface area contributed by atoms with E-state index in [9.17, 15) is 9.59 Å². The summed E-state index contributed by atoms with van der Waals surface area (Å²) in [5.41, 5.74) is 3.26. The van der Waals surface area contributed by atoms with E-state index in [0.717, 1.165) is 14.7 Å². The molecule has 0 aliphatic carbocycles. The van der Waals surface area contributed by atoms with E-state index < -0.39 is 32.6 Å². The predicted octanol–water partition coefficient (Wildman–Crippen LogP) is 4.23. The Hall–Kier alpha value is -1.11. The summed E-state index contributed by atoms with van der Waals surface area (Å²) in [6.45, 7) is 13.1. The van der Waals surface area contributed by atoms with Gasteiger partial charge in [0.2, 0.25) is 0 Å². The number of carbonyl (C=O) groups excluding carboxylic acids is 2. The zero-order valence-electron chi connectivity index (χ0n) is 13.7. The van der Waals surface area contributed by atoms with Crippen molar-refractivity contribution < 1.29 is 15.7 Å². The minimum absolute atomic E-state index is 0.0377. The zero-order chi connectivity index (χ0) is 16.4. The Morgan fingerprint density at radius 3 is 1.62 bits per heavy atom. The number of hydrogen-bond acceptors (Lipinski definition) is 4. The summed E-state index contributed by atoms with van der Waals surface area (Å²) in [5, 5.41) is 0. The molecule has 0 aromatic heterocycles. The average Bonchev–Trinajstić information content (AvgIpc) is 2.24. The van der Waals surface area contributed by atoms with Crippen LogP contribution in [0.3, 0.4) is 0 Å². The predicted molar refractivity (Wildman–Crippen MR) is 90.9 cm³/mol. The van der Waals surface area contributed by atoms with Gasteiger partial charge >= 0.3 is 135 Å². The van der Waals surface area contributed by atoms with Crippen molar-refractivity contribution >= 4 is 32.6 Å². The van der Waals surface area contributed by atoms with Crippen molar-refractivity contribution in [2.24, 2.45) is 0 Å². The van der Waals surface area contributed by atoms with Crippen LogP contribution in [-0.4, -0.2) is 11.9 Å². The molecular formula is C16H23IO4. The van der Waals surface area contributed by atoms with Gasteiger partial charge in [0.15, 0.2) is 0 Å². The van der Waals surface area contributed by atoms with E-state index in [2.05, 4.69) is 32.9 Å². The number of aryl methyl sites for hydroxylation is 2. The second kappa shape index (κ2) is 6.77. The molecule has 0 radical (unpaired) electrons. The van der Waals surface area contributed by atoms with Crippen molar-refractivity contribution in [2.45, 2.75) is 53.9 Å².